The first-order valence-electron chi connectivity index (χ1n) is 3.57. The fourth-order valence-corrected chi connectivity index (χ4v) is 1.40. The molecular weight excluding hydrogens is 128 g/mol. The Kier molecular flexibility index (Phi) is 1.63. The van der Waals surface area contributed by atoms with Crippen LogP contribution >= 0.6 is 0 Å². The quantitative estimate of drug-likeness (QED) is 0.405. The molecule has 56 valence electrons. The summed E-state index contributed by atoms with van der Waals surface area (Å²) in [7, 11) is 0. The maximum absolute atomic E-state index is 11.2. The minimum Gasteiger partial charge on any atom is -0.303 e. The topological polar surface area (TPSA) is 34.1 Å². The number of carbonyl (C=O) groups is 2. The summed E-state index contributed by atoms with van der Waals surface area (Å²) in [5, 5.41) is 0. The summed E-state index contributed by atoms with van der Waals surface area (Å²) in [6.07, 6.45) is 2.38. The Bertz CT molecular complexity index is 170. The van der Waals surface area contributed by atoms with Crippen molar-refractivity contribution in [2.75, 3.05) is 0 Å². The fourth-order valence-electron chi connectivity index (χ4n) is 1.40. The van der Waals surface area contributed by atoms with Crippen LogP contribution in [0.25, 0.3) is 0 Å². The van der Waals surface area contributed by atoms with E-state index in [1.165, 1.54) is 0 Å². The molecule has 0 radical (unpaired) electrons. The highest BCUT2D eigenvalue weighted by Crippen LogP contribution is 2.36. The van der Waals surface area contributed by atoms with Crippen LogP contribution in [0.1, 0.15) is 26.7 Å². The Labute approximate surface area is 60.6 Å². The predicted octanol–water partition coefficient (Wildman–Crippen LogP) is 1.19. The van der Waals surface area contributed by atoms with E-state index in [1.807, 2.05) is 13.8 Å². The molecule has 2 heteroatoms. The molecule has 0 unspecified atom stereocenters. The molecule has 1 aliphatic carbocycles. The molecule has 1 atom stereocenters. The maximum atomic E-state index is 11.2. The van der Waals surface area contributed by atoms with E-state index < -0.39 is 0 Å². The molecule has 1 rings (SSSR count). The first-order valence-corrected chi connectivity index (χ1v) is 3.57. The average Bonchev–Trinajstić information content (AvgIpc) is 2.10. The van der Waals surface area contributed by atoms with Crippen molar-refractivity contribution in [1.82, 2.24) is 0 Å². The number of rotatable bonds is 1. The third kappa shape index (κ3) is 0.981. The molecule has 1 saturated carbocycles. The zero-order valence-corrected chi connectivity index (χ0v) is 6.39. The minimum atomic E-state index is -0.310. The number of hydrogen-bond donors (Lipinski definition) is 0. The summed E-state index contributed by atoms with van der Waals surface area (Å²) in [4.78, 5) is 21.5. The summed E-state index contributed by atoms with van der Waals surface area (Å²) in [5.41, 5.74) is -0.244. The lowest BCUT2D eigenvalue weighted by molar-refractivity contribution is -0.130. The van der Waals surface area contributed by atoms with Gasteiger partial charge in [-0.2, -0.15) is 0 Å². The van der Waals surface area contributed by atoms with E-state index >= 15 is 0 Å². The highest BCUT2D eigenvalue weighted by atomic mass is 16.1. The lowest BCUT2D eigenvalue weighted by Gasteiger charge is -2.13. The van der Waals surface area contributed by atoms with E-state index in [0.29, 0.717) is 0 Å². The second kappa shape index (κ2) is 2.19. The lowest BCUT2D eigenvalue weighted by atomic mass is 9.89. The SMILES string of the molecule is CC1(C)CC[C@@H](C=O)C1=O. The normalized spacial score (nSPS) is 30.6. The molecule has 0 aliphatic heterocycles. The molecule has 0 saturated heterocycles. The largest absolute Gasteiger partial charge is 0.303 e. The third-order valence-corrected chi connectivity index (χ3v) is 2.25. The van der Waals surface area contributed by atoms with Crippen molar-refractivity contribution in [3.05, 3.63) is 0 Å². The van der Waals surface area contributed by atoms with Crippen LogP contribution in [0, 0.1) is 11.3 Å². The van der Waals surface area contributed by atoms with E-state index in [9.17, 15) is 9.59 Å². The number of hydrogen-bond acceptors (Lipinski definition) is 2. The second-order valence-electron chi connectivity index (χ2n) is 3.53. The maximum Gasteiger partial charge on any atom is 0.148 e. The van der Waals surface area contributed by atoms with Gasteiger partial charge in [0.2, 0.25) is 0 Å². The molecule has 0 spiro atoms. The van der Waals surface area contributed by atoms with Gasteiger partial charge in [-0.25, -0.2) is 0 Å². The van der Waals surface area contributed by atoms with E-state index in [1.54, 1.807) is 0 Å². The molecular formula is C8H12O2. The molecule has 1 aliphatic rings. The Morgan fingerprint density at radius 3 is 2.40 bits per heavy atom. The van der Waals surface area contributed by atoms with Crippen molar-refractivity contribution in [1.29, 1.82) is 0 Å². The van der Waals surface area contributed by atoms with E-state index in [-0.39, 0.29) is 17.1 Å². The van der Waals surface area contributed by atoms with Gasteiger partial charge in [-0.15, -0.1) is 0 Å². The second-order valence-corrected chi connectivity index (χ2v) is 3.53. The van der Waals surface area contributed by atoms with Gasteiger partial charge in [-0.05, 0) is 12.8 Å². The highest BCUT2D eigenvalue weighted by Gasteiger charge is 2.39. The van der Waals surface area contributed by atoms with Crippen molar-refractivity contribution in [3.8, 4) is 0 Å². The zero-order chi connectivity index (χ0) is 7.78. The van der Waals surface area contributed by atoms with E-state index in [2.05, 4.69) is 0 Å². The van der Waals surface area contributed by atoms with Gasteiger partial charge in [0.15, 0.2) is 0 Å². The van der Waals surface area contributed by atoms with Crippen LogP contribution in [-0.2, 0) is 9.59 Å². The smallest absolute Gasteiger partial charge is 0.148 e. The standard InChI is InChI=1S/C8H12O2/c1-8(2)4-3-6(5-9)7(8)10/h5-6H,3-4H2,1-2H3/t6-/m0/s1. The average molecular weight is 140 g/mol. The van der Waals surface area contributed by atoms with Gasteiger partial charge in [-0.1, -0.05) is 13.8 Å². The summed E-state index contributed by atoms with van der Waals surface area (Å²) in [6, 6.07) is 0. The van der Waals surface area contributed by atoms with Gasteiger partial charge < -0.3 is 4.79 Å². The predicted molar refractivity (Wildman–Crippen MR) is 37.6 cm³/mol. The zero-order valence-electron chi connectivity index (χ0n) is 6.39. The van der Waals surface area contributed by atoms with Gasteiger partial charge in [0.05, 0.1) is 5.92 Å². The molecule has 10 heavy (non-hydrogen) atoms. The van der Waals surface area contributed by atoms with Crippen LogP contribution in [0.4, 0.5) is 0 Å². The molecule has 0 aromatic rings. The molecule has 0 aromatic heterocycles. The molecule has 1 fully saturated rings. The van der Waals surface area contributed by atoms with Gasteiger partial charge >= 0.3 is 0 Å². The number of aldehydes is 1. The monoisotopic (exact) mass is 140 g/mol. The van der Waals surface area contributed by atoms with Crippen molar-refractivity contribution in [3.63, 3.8) is 0 Å². The van der Waals surface area contributed by atoms with Crippen LogP contribution in [0.3, 0.4) is 0 Å². The molecule has 0 amide bonds. The Hall–Kier alpha value is -0.660. The van der Waals surface area contributed by atoms with Crippen molar-refractivity contribution in [2.24, 2.45) is 11.3 Å². The summed E-state index contributed by atoms with van der Waals surface area (Å²) >= 11 is 0. The van der Waals surface area contributed by atoms with Crippen LogP contribution in [-0.4, -0.2) is 12.1 Å². The van der Waals surface area contributed by atoms with Gasteiger partial charge in [0.25, 0.3) is 0 Å². The van der Waals surface area contributed by atoms with E-state index in [0.717, 1.165) is 19.1 Å². The van der Waals surface area contributed by atoms with Crippen LogP contribution in [0.15, 0.2) is 0 Å². The highest BCUT2D eigenvalue weighted by molar-refractivity contribution is 5.98. The molecule has 2 nitrogen and oxygen atoms in total. The Balaban J connectivity index is 2.76. The number of carbonyl (C=O) groups excluding carboxylic acids is 2. The first kappa shape index (κ1) is 7.45. The van der Waals surface area contributed by atoms with Gasteiger partial charge in [-0.3, -0.25) is 4.79 Å². The summed E-state index contributed by atoms with van der Waals surface area (Å²) in [5.74, 6) is -0.197. The van der Waals surface area contributed by atoms with Crippen LogP contribution < -0.4 is 0 Å². The van der Waals surface area contributed by atoms with Crippen molar-refractivity contribution >= 4 is 12.1 Å². The molecule has 0 N–H and O–H groups in total. The first-order chi connectivity index (χ1) is 4.58. The third-order valence-electron chi connectivity index (χ3n) is 2.25. The molecule has 0 aromatic carbocycles. The minimum absolute atomic E-state index is 0.113. The van der Waals surface area contributed by atoms with Crippen LogP contribution in [0.5, 0.6) is 0 Å². The molecule has 0 heterocycles. The summed E-state index contributed by atoms with van der Waals surface area (Å²) in [6.45, 7) is 3.80. The van der Waals surface area contributed by atoms with Gasteiger partial charge in [0.1, 0.15) is 12.1 Å². The van der Waals surface area contributed by atoms with E-state index in [4.69, 9.17) is 0 Å². The molecule has 0 bridgehead atoms. The Morgan fingerprint density at radius 2 is 2.20 bits per heavy atom. The van der Waals surface area contributed by atoms with Crippen molar-refractivity contribution < 1.29 is 9.59 Å². The van der Waals surface area contributed by atoms with Crippen molar-refractivity contribution in [2.45, 2.75) is 26.7 Å². The van der Waals surface area contributed by atoms with Crippen LogP contribution in [0.2, 0.25) is 0 Å². The summed E-state index contributed by atoms with van der Waals surface area (Å²) < 4.78 is 0. The van der Waals surface area contributed by atoms with Gasteiger partial charge in [0, 0.05) is 5.41 Å². The lowest BCUT2D eigenvalue weighted by Crippen LogP contribution is -2.22. The fraction of sp³-hybridized carbons (Fsp3) is 0.750. The Morgan fingerprint density at radius 1 is 1.60 bits per heavy atom. The number of Topliss-reactive ketones (excluding diaryl/α,β-unsaturated/α-hetero) is 1. The number of ketones is 1.